The number of hydrogen-bond acceptors (Lipinski definition) is 3. The summed E-state index contributed by atoms with van der Waals surface area (Å²) in [7, 11) is 0. The first-order chi connectivity index (χ1) is 7.70. The normalized spacial score (nSPS) is 11.1. The second kappa shape index (κ2) is 4.57. The maximum atomic E-state index is 11.7. The molecule has 0 aliphatic heterocycles. The molecule has 0 aliphatic rings. The number of carbonyl (C=O) groups excluding carboxylic acids is 1. The van der Waals surface area contributed by atoms with Crippen LogP contribution < -0.4 is 0 Å². The van der Waals surface area contributed by atoms with Crippen molar-refractivity contribution in [2.75, 3.05) is 0 Å². The third-order valence-electron chi connectivity index (χ3n) is 2.10. The molecule has 0 radical (unpaired) electrons. The van der Waals surface area contributed by atoms with Crippen molar-refractivity contribution in [2.24, 2.45) is 0 Å². The molecule has 0 spiro atoms. The van der Waals surface area contributed by atoms with Crippen molar-refractivity contribution in [1.29, 1.82) is 0 Å². The first-order valence-corrected chi connectivity index (χ1v) is 5.28. The molecule has 0 saturated carbocycles. The van der Waals surface area contributed by atoms with Crippen LogP contribution in [0.4, 0.5) is 0 Å². The SMILES string of the molecule is Cc1ccc(C(=O)OC(C)(C)C)cc1C(=O)O. The highest BCUT2D eigenvalue weighted by atomic mass is 16.6. The molecule has 17 heavy (non-hydrogen) atoms. The van der Waals surface area contributed by atoms with E-state index in [2.05, 4.69) is 0 Å². The van der Waals surface area contributed by atoms with Crippen molar-refractivity contribution >= 4 is 11.9 Å². The number of ether oxygens (including phenoxy) is 1. The zero-order valence-corrected chi connectivity index (χ0v) is 10.4. The van der Waals surface area contributed by atoms with Gasteiger partial charge in [0.1, 0.15) is 5.60 Å². The number of carboxylic acids is 1. The summed E-state index contributed by atoms with van der Waals surface area (Å²) in [5, 5.41) is 8.95. The van der Waals surface area contributed by atoms with Gasteiger partial charge in [-0.15, -0.1) is 0 Å². The fourth-order valence-electron chi connectivity index (χ4n) is 1.32. The van der Waals surface area contributed by atoms with Crippen LogP contribution in [0.15, 0.2) is 18.2 Å². The van der Waals surface area contributed by atoms with E-state index >= 15 is 0 Å². The number of carboxylic acid groups (broad SMARTS) is 1. The fraction of sp³-hybridized carbons (Fsp3) is 0.385. The Morgan fingerprint density at radius 2 is 1.82 bits per heavy atom. The van der Waals surface area contributed by atoms with Crippen LogP contribution in [0.25, 0.3) is 0 Å². The standard InChI is InChI=1S/C13H16O4/c1-8-5-6-9(7-10(8)11(14)15)12(16)17-13(2,3)4/h5-7H,1-4H3,(H,14,15). The summed E-state index contributed by atoms with van der Waals surface area (Å²) in [6.45, 7) is 6.97. The molecular formula is C13H16O4. The lowest BCUT2D eigenvalue weighted by Crippen LogP contribution is -2.24. The van der Waals surface area contributed by atoms with E-state index < -0.39 is 17.5 Å². The highest BCUT2D eigenvalue weighted by molar-refractivity contribution is 5.95. The Bertz CT molecular complexity index is 455. The van der Waals surface area contributed by atoms with Crippen LogP contribution in [-0.4, -0.2) is 22.6 Å². The monoisotopic (exact) mass is 236 g/mol. The molecule has 0 bridgehead atoms. The second-order valence-electron chi connectivity index (χ2n) is 4.84. The van der Waals surface area contributed by atoms with E-state index in [1.165, 1.54) is 6.07 Å². The minimum atomic E-state index is -1.05. The van der Waals surface area contributed by atoms with Gasteiger partial charge in [-0.05, 0) is 45.4 Å². The van der Waals surface area contributed by atoms with Crippen LogP contribution in [-0.2, 0) is 4.74 Å². The fourth-order valence-corrected chi connectivity index (χ4v) is 1.32. The zero-order chi connectivity index (χ0) is 13.2. The van der Waals surface area contributed by atoms with Crippen LogP contribution >= 0.6 is 0 Å². The molecule has 1 rings (SSSR count). The van der Waals surface area contributed by atoms with Gasteiger partial charge in [-0.1, -0.05) is 6.07 Å². The molecule has 0 aromatic heterocycles. The average molecular weight is 236 g/mol. The Balaban J connectivity index is 3.04. The minimum absolute atomic E-state index is 0.119. The van der Waals surface area contributed by atoms with Gasteiger partial charge in [-0.3, -0.25) is 0 Å². The van der Waals surface area contributed by atoms with Gasteiger partial charge in [0, 0.05) is 0 Å². The molecule has 4 nitrogen and oxygen atoms in total. The van der Waals surface area contributed by atoms with Gasteiger partial charge < -0.3 is 9.84 Å². The van der Waals surface area contributed by atoms with Crippen molar-refractivity contribution in [3.8, 4) is 0 Å². The molecule has 1 N–H and O–H groups in total. The molecule has 0 saturated heterocycles. The summed E-state index contributed by atoms with van der Waals surface area (Å²) >= 11 is 0. The topological polar surface area (TPSA) is 63.6 Å². The summed E-state index contributed by atoms with van der Waals surface area (Å²) in [4.78, 5) is 22.7. The Labute approximate surface area is 100 Å². The molecular weight excluding hydrogens is 220 g/mol. The van der Waals surface area contributed by atoms with Gasteiger partial charge in [0.2, 0.25) is 0 Å². The lowest BCUT2D eigenvalue weighted by molar-refractivity contribution is 0.00695. The number of aryl methyl sites for hydroxylation is 1. The van der Waals surface area contributed by atoms with E-state index in [9.17, 15) is 9.59 Å². The number of hydrogen-bond donors (Lipinski definition) is 1. The van der Waals surface area contributed by atoms with Crippen LogP contribution in [0.1, 0.15) is 47.1 Å². The van der Waals surface area contributed by atoms with E-state index in [1.807, 2.05) is 0 Å². The maximum Gasteiger partial charge on any atom is 0.338 e. The van der Waals surface area contributed by atoms with E-state index in [0.717, 1.165) is 0 Å². The molecule has 0 amide bonds. The van der Waals surface area contributed by atoms with Gasteiger partial charge in [-0.2, -0.15) is 0 Å². The molecule has 0 unspecified atom stereocenters. The molecule has 1 aromatic carbocycles. The van der Waals surface area contributed by atoms with Gasteiger partial charge in [0.15, 0.2) is 0 Å². The highest BCUT2D eigenvalue weighted by Crippen LogP contribution is 2.15. The van der Waals surface area contributed by atoms with Gasteiger partial charge in [0.05, 0.1) is 11.1 Å². The third kappa shape index (κ3) is 3.59. The predicted molar refractivity (Wildman–Crippen MR) is 63.3 cm³/mol. The number of carbonyl (C=O) groups is 2. The first-order valence-electron chi connectivity index (χ1n) is 5.28. The maximum absolute atomic E-state index is 11.7. The van der Waals surface area contributed by atoms with Gasteiger partial charge in [0.25, 0.3) is 0 Å². The van der Waals surface area contributed by atoms with E-state index in [4.69, 9.17) is 9.84 Å². The molecule has 1 aromatic rings. The van der Waals surface area contributed by atoms with Gasteiger partial charge >= 0.3 is 11.9 Å². The summed E-state index contributed by atoms with van der Waals surface area (Å²) in [5.41, 5.74) is 0.395. The summed E-state index contributed by atoms with van der Waals surface area (Å²) in [6.07, 6.45) is 0. The first kappa shape index (κ1) is 13.2. The van der Waals surface area contributed by atoms with Gasteiger partial charge in [-0.25, -0.2) is 9.59 Å². The third-order valence-corrected chi connectivity index (χ3v) is 2.10. The van der Waals surface area contributed by atoms with Crippen LogP contribution in [0.3, 0.4) is 0 Å². The van der Waals surface area contributed by atoms with E-state index in [-0.39, 0.29) is 11.1 Å². The number of esters is 1. The number of rotatable bonds is 2. The Morgan fingerprint density at radius 1 is 1.24 bits per heavy atom. The summed E-state index contributed by atoms with van der Waals surface area (Å²) < 4.78 is 5.17. The lowest BCUT2D eigenvalue weighted by atomic mass is 10.0. The largest absolute Gasteiger partial charge is 0.478 e. The Kier molecular flexibility index (Phi) is 3.56. The average Bonchev–Trinajstić information content (AvgIpc) is 2.14. The molecule has 0 fully saturated rings. The van der Waals surface area contributed by atoms with Crippen molar-refractivity contribution in [2.45, 2.75) is 33.3 Å². The molecule has 0 atom stereocenters. The van der Waals surface area contributed by atoms with Crippen LogP contribution in [0.5, 0.6) is 0 Å². The van der Waals surface area contributed by atoms with Crippen molar-refractivity contribution < 1.29 is 19.4 Å². The number of benzene rings is 1. The van der Waals surface area contributed by atoms with Crippen LogP contribution in [0, 0.1) is 6.92 Å². The van der Waals surface area contributed by atoms with Crippen LogP contribution in [0.2, 0.25) is 0 Å². The smallest absolute Gasteiger partial charge is 0.338 e. The second-order valence-corrected chi connectivity index (χ2v) is 4.84. The summed E-state index contributed by atoms with van der Waals surface area (Å²) in [5.74, 6) is -1.56. The molecule has 0 heterocycles. The highest BCUT2D eigenvalue weighted by Gasteiger charge is 2.19. The van der Waals surface area contributed by atoms with E-state index in [1.54, 1.807) is 39.8 Å². The lowest BCUT2D eigenvalue weighted by Gasteiger charge is -2.19. The van der Waals surface area contributed by atoms with Crippen molar-refractivity contribution in [3.05, 3.63) is 34.9 Å². The quantitative estimate of drug-likeness (QED) is 0.802. The van der Waals surface area contributed by atoms with Crippen molar-refractivity contribution in [1.82, 2.24) is 0 Å². The zero-order valence-electron chi connectivity index (χ0n) is 10.4. The van der Waals surface area contributed by atoms with Crippen molar-refractivity contribution in [3.63, 3.8) is 0 Å². The Morgan fingerprint density at radius 3 is 2.29 bits per heavy atom. The molecule has 4 heteroatoms. The molecule has 92 valence electrons. The minimum Gasteiger partial charge on any atom is -0.478 e. The summed E-state index contributed by atoms with van der Waals surface area (Å²) in [6, 6.07) is 4.50. The molecule has 0 aliphatic carbocycles. The predicted octanol–water partition coefficient (Wildman–Crippen LogP) is 2.65. The number of aromatic carboxylic acids is 1. The van der Waals surface area contributed by atoms with E-state index in [0.29, 0.717) is 5.56 Å². The Hall–Kier alpha value is -1.84.